The molecule has 1 unspecified atom stereocenters. The summed E-state index contributed by atoms with van der Waals surface area (Å²) >= 11 is 0. The van der Waals surface area contributed by atoms with Crippen molar-refractivity contribution in [2.75, 3.05) is 0 Å². The van der Waals surface area contributed by atoms with Gasteiger partial charge in [0.15, 0.2) is 0 Å². The van der Waals surface area contributed by atoms with E-state index in [1.54, 1.807) is 53.1 Å². The van der Waals surface area contributed by atoms with Crippen LogP contribution in [0, 0.1) is 5.92 Å². The second-order valence-corrected chi connectivity index (χ2v) is 8.52. The van der Waals surface area contributed by atoms with Crippen LogP contribution in [0.25, 0.3) is 22.0 Å². The zero-order valence-corrected chi connectivity index (χ0v) is 18.0. The molecule has 0 spiro atoms. The lowest BCUT2D eigenvalue weighted by Crippen LogP contribution is -2.24. The molecule has 0 fully saturated rings. The molecule has 0 bridgehead atoms. The second-order valence-electron chi connectivity index (χ2n) is 8.52. The summed E-state index contributed by atoms with van der Waals surface area (Å²) in [5, 5.41) is 10.3. The molecule has 34 heavy (non-hydrogen) atoms. The van der Waals surface area contributed by atoms with E-state index >= 15 is 0 Å². The summed E-state index contributed by atoms with van der Waals surface area (Å²) in [6, 6.07) is 19.1. The Labute approximate surface area is 193 Å². The fourth-order valence-corrected chi connectivity index (χ4v) is 4.77. The van der Waals surface area contributed by atoms with Crippen LogP contribution < -0.4 is 0 Å². The minimum absolute atomic E-state index is 0.215. The Morgan fingerprint density at radius 1 is 0.912 bits per heavy atom. The van der Waals surface area contributed by atoms with Crippen LogP contribution in [0.2, 0.25) is 0 Å². The summed E-state index contributed by atoms with van der Waals surface area (Å²) < 4.78 is 41.3. The summed E-state index contributed by atoms with van der Waals surface area (Å²) in [4.78, 5) is 25.1. The maximum Gasteiger partial charge on any atom is 0.416 e. The summed E-state index contributed by atoms with van der Waals surface area (Å²) in [5.41, 5.74) is 2.90. The van der Waals surface area contributed by atoms with Crippen LogP contribution in [0.4, 0.5) is 13.2 Å². The van der Waals surface area contributed by atoms with E-state index in [1.807, 2.05) is 6.07 Å². The Kier molecular flexibility index (Phi) is 5.27. The molecule has 5 rings (SSSR count). The topological polar surface area (TPSA) is 59.3 Å². The number of alkyl halides is 3. The number of carboxylic acids is 1. The second kappa shape index (κ2) is 8.17. The molecule has 0 amide bonds. The molecule has 0 aliphatic heterocycles. The van der Waals surface area contributed by atoms with Gasteiger partial charge in [-0.15, -0.1) is 0 Å². The van der Waals surface area contributed by atoms with Crippen LogP contribution in [0.1, 0.15) is 33.6 Å². The predicted molar refractivity (Wildman–Crippen MR) is 122 cm³/mol. The number of carboxylic acid groups (broad SMARTS) is 1. The largest absolute Gasteiger partial charge is 0.481 e. The van der Waals surface area contributed by atoms with Crippen LogP contribution in [0.5, 0.6) is 0 Å². The SMILES string of the molecule is O=C(O)C1CCc2c(c3cc(-c4cccc(C(F)(F)F)c4)ccc3n2C(=O)c2ccccc2)C1. The first-order chi connectivity index (χ1) is 16.2. The molecule has 4 nitrogen and oxygen atoms in total. The van der Waals surface area contributed by atoms with E-state index in [0.29, 0.717) is 40.4 Å². The van der Waals surface area contributed by atoms with Gasteiger partial charge in [0.25, 0.3) is 5.91 Å². The van der Waals surface area contributed by atoms with Crippen molar-refractivity contribution < 1.29 is 27.9 Å². The number of aliphatic carboxylic acids is 1. The molecule has 4 aromatic rings. The number of carbonyl (C=O) groups is 2. The third kappa shape index (κ3) is 3.77. The molecule has 1 heterocycles. The zero-order chi connectivity index (χ0) is 24.0. The highest BCUT2D eigenvalue weighted by Gasteiger charge is 2.32. The third-order valence-corrected chi connectivity index (χ3v) is 6.46. The molecule has 1 N–H and O–H groups in total. The Morgan fingerprint density at radius 3 is 2.35 bits per heavy atom. The number of rotatable bonds is 3. The molecule has 172 valence electrons. The number of aromatic nitrogens is 1. The van der Waals surface area contributed by atoms with Gasteiger partial charge in [-0.3, -0.25) is 14.2 Å². The fraction of sp³-hybridized carbons (Fsp3) is 0.185. The lowest BCUT2D eigenvalue weighted by molar-refractivity contribution is -0.142. The molecule has 1 aliphatic carbocycles. The average Bonchev–Trinajstić information content (AvgIpc) is 3.16. The van der Waals surface area contributed by atoms with Gasteiger partial charge in [-0.2, -0.15) is 13.2 Å². The van der Waals surface area contributed by atoms with Gasteiger partial charge in [0, 0.05) is 16.6 Å². The van der Waals surface area contributed by atoms with Crippen LogP contribution in [0.15, 0.2) is 72.8 Å². The van der Waals surface area contributed by atoms with Gasteiger partial charge in [-0.25, -0.2) is 0 Å². The van der Waals surface area contributed by atoms with Crippen molar-refractivity contribution in [3.8, 4) is 11.1 Å². The Bertz CT molecular complexity index is 1420. The van der Waals surface area contributed by atoms with Crippen molar-refractivity contribution in [2.45, 2.75) is 25.4 Å². The van der Waals surface area contributed by atoms with E-state index in [2.05, 4.69) is 0 Å². The number of nitrogens with zero attached hydrogens (tertiary/aromatic N) is 1. The van der Waals surface area contributed by atoms with E-state index in [4.69, 9.17) is 0 Å². The first kappa shape index (κ1) is 21.9. The fourth-order valence-electron chi connectivity index (χ4n) is 4.77. The predicted octanol–water partition coefficient (Wildman–Crippen LogP) is 6.21. The molecule has 1 aliphatic rings. The molecule has 7 heteroatoms. The van der Waals surface area contributed by atoms with Crippen LogP contribution in [0.3, 0.4) is 0 Å². The van der Waals surface area contributed by atoms with Crippen LogP contribution >= 0.6 is 0 Å². The third-order valence-electron chi connectivity index (χ3n) is 6.46. The average molecular weight is 463 g/mol. The monoisotopic (exact) mass is 463 g/mol. The van der Waals surface area contributed by atoms with Gasteiger partial charge in [-0.1, -0.05) is 36.4 Å². The Balaban J connectivity index is 1.70. The van der Waals surface area contributed by atoms with Gasteiger partial charge >= 0.3 is 12.1 Å². The quantitative estimate of drug-likeness (QED) is 0.393. The summed E-state index contributed by atoms with van der Waals surface area (Å²) in [6.07, 6.45) is -3.35. The maximum atomic E-state index is 13.4. The van der Waals surface area contributed by atoms with E-state index < -0.39 is 23.6 Å². The van der Waals surface area contributed by atoms with Crippen molar-refractivity contribution in [3.63, 3.8) is 0 Å². The number of fused-ring (bicyclic) bond motifs is 3. The normalized spacial score (nSPS) is 15.8. The summed E-state index contributed by atoms with van der Waals surface area (Å²) in [5.74, 6) is -1.68. The molecule has 0 saturated carbocycles. The number of carbonyl (C=O) groups excluding carboxylic acids is 1. The smallest absolute Gasteiger partial charge is 0.416 e. The van der Waals surface area contributed by atoms with Crippen molar-refractivity contribution >= 4 is 22.8 Å². The lowest BCUT2D eigenvalue weighted by Gasteiger charge is -2.20. The van der Waals surface area contributed by atoms with Crippen molar-refractivity contribution in [2.24, 2.45) is 5.92 Å². The molecule has 0 saturated heterocycles. The molecular weight excluding hydrogens is 443 g/mol. The lowest BCUT2D eigenvalue weighted by atomic mass is 9.86. The van der Waals surface area contributed by atoms with Gasteiger partial charge < -0.3 is 5.11 Å². The highest BCUT2D eigenvalue weighted by atomic mass is 19.4. The first-order valence-electron chi connectivity index (χ1n) is 10.9. The highest BCUT2D eigenvalue weighted by molar-refractivity contribution is 6.05. The van der Waals surface area contributed by atoms with E-state index in [-0.39, 0.29) is 12.3 Å². The Morgan fingerprint density at radius 2 is 1.65 bits per heavy atom. The van der Waals surface area contributed by atoms with Gasteiger partial charge in [0.1, 0.15) is 0 Å². The minimum atomic E-state index is -4.46. The molecule has 0 radical (unpaired) electrons. The van der Waals surface area contributed by atoms with Gasteiger partial charge in [-0.05, 0) is 72.4 Å². The summed E-state index contributed by atoms with van der Waals surface area (Å²) in [7, 11) is 0. The first-order valence-corrected chi connectivity index (χ1v) is 10.9. The number of benzene rings is 3. The van der Waals surface area contributed by atoms with Gasteiger partial charge in [0.2, 0.25) is 0 Å². The number of hydrogen-bond acceptors (Lipinski definition) is 2. The standard InChI is InChI=1S/C27H20F3NO3/c28-27(29,30)20-8-4-7-17(13-20)18-9-11-23-21(14-18)22-15-19(26(33)34)10-12-24(22)31(23)25(32)16-5-2-1-3-6-16/h1-9,11,13-14,19H,10,12,15H2,(H,33,34). The number of hydrogen-bond donors (Lipinski definition) is 1. The molecule has 1 aromatic heterocycles. The van der Waals surface area contributed by atoms with E-state index in [0.717, 1.165) is 23.4 Å². The minimum Gasteiger partial charge on any atom is -0.481 e. The van der Waals surface area contributed by atoms with Crippen molar-refractivity contribution in [3.05, 3.63) is 95.2 Å². The van der Waals surface area contributed by atoms with Gasteiger partial charge in [0.05, 0.1) is 17.0 Å². The maximum absolute atomic E-state index is 13.4. The molecule has 1 atom stereocenters. The zero-order valence-electron chi connectivity index (χ0n) is 18.0. The Hall–Kier alpha value is -3.87. The van der Waals surface area contributed by atoms with Crippen molar-refractivity contribution in [1.29, 1.82) is 0 Å². The number of halogens is 3. The van der Waals surface area contributed by atoms with Crippen LogP contribution in [-0.2, 0) is 23.8 Å². The molecule has 3 aromatic carbocycles. The summed E-state index contributed by atoms with van der Waals surface area (Å²) in [6.45, 7) is 0. The van der Waals surface area contributed by atoms with Crippen LogP contribution in [-0.4, -0.2) is 21.6 Å². The van der Waals surface area contributed by atoms with E-state index in [9.17, 15) is 27.9 Å². The molecular formula is C27H20F3NO3. The highest BCUT2D eigenvalue weighted by Crippen LogP contribution is 2.38. The van der Waals surface area contributed by atoms with Crippen molar-refractivity contribution in [1.82, 2.24) is 4.57 Å². The van der Waals surface area contributed by atoms with E-state index in [1.165, 1.54) is 6.07 Å².